The highest BCUT2D eigenvalue weighted by atomic mass is 35.5. The fourth-order valence-corrected chi connectivity index (χ4v) is 3.20. The van der Waals surface area contributed by atoms with E-state index in [4.69, 9.17) is 16.7 Å². The third kappa shape index (κ3) is 3.71. The van der Waals surface area contributed by atoms with Crippen LogP contribution in [0.25, 0.3) is 5.76 Å². The van der Waals surface area contributed by atoms with Crippen molar-refractivity contribution in [3.63, 3.8) is 0 Å². The first kappa shape index (κ1) is 18.7. The number of aliphatic hydroxyl groups excluding tert-OH is 1. The maximum Gasteiger partial charge on any atom is 0.305 e. The Morgan fingerprint density at radius 1 is 1.00 bits per heavy atom. The summed E-state index contributed by atoms with van der Waals surface area (Å²) in [6.07, 6.45) is -0.308. The van der Waals surface area contributed by atoms with Gasteiger partial charge in [0.1, 0.15) is 5.76 Å². The number of carbonyl (C=O) groups excluding carboxylic acids is 2. The van der Waals surface area contributed by atoms with Crippen LogP contribution < -0.4 is 0 Å². The molecule has 0 radical (unpaired) electrons. The number of halogens is 1. The van der Waals surface area contributed by atoms with Crippen molar-refractivity contribution in [3.05, 3.63) is 76.3 Å². The van der Waals surface area contributed by atoms with Gasteiger partial charge in [-0.05, 0) is 29.8 Å². The molecule has 7 heteroatoms. The number of benzene rings is 2. The number of aliphatic carboxylic acids is 1. The number of carbonyl (C=O) groups is 3. The number of carboxylic acids is 1. The molecule has 2 N–H and O–H groups in total. The van der Waals surface area contributed by atoms with E-state index in [1.54, 1.807) is 54.6 Å². The molecule has 0 bridgehead atoms. The molecule has 27 heavy (non-hydrogen) atoms. The Bertz CT molecular complexity index is 921. The van der Waals surface area contributed by atoms with Crippen molar-refractivity contribution in [2.45, 2.75) is 12.5 Å². The summed E-state index contributed by atoms with van der Waals surface area (Å²) < 4.78 is 0. The largest absolute Gasteiger partial charge is 0.507 e. The van der Waals surface area contributed by atoms with Gasteiger partial charge in [-0.2, -0.15) is 0 Å². The van der Waals surface area contributed by atoms with Crippen LogP contribution in [0.5, 0.6) is 0 Å². The summed E-state index contributed by atoms with van der Waals surface area (Å²) >= 11 is 5.86. The van der Waals surface area contributed by atoms with Crippen LogP contribution in [0.4, 0.5) is 0 Å². The van der Waals surface area contributed by atoms with Gasteiger partial charge in [0.25, 0.3) is 11.7 Å². The smallest absolute Gasteiger partial charge is 0.305 e. The number of rotatable bonds is 5. The average molecular weight is 386 g/mol. The first-order valence-electron chi connectivity index (χ1n) is 8.21. The molecule has 1 saturated heterocycles. The Morgan fingerprint density at radius 2 is 1.63 bits per heavy atom. The Labute approximate surface area is 160 Å². The molecule has 0 aromatic heterocycles. The maximum atomic E-state index is 12.6. The van der Waals surface area contributed by atoms with Crippen molar-refractivity contribution < 1.29 is 24.6 Å². The molecule has 0 unspecified atom stereocenters. The van der Waals surface area contributed by atoms with E-state index in [1.165, 1.54) is 4.90 Å². The zero-order valence-corrected chi connectivity index (χ0v) is 14.9. The maximum absolute atomic E-state index is 12.6. The van der Waals surface area contributed by atoms with Crippen LogP contribution in [0.1, 0.15) is 23.6 Å². The molecule has 3 rings (SSSR count). The third-order valence-electron chi connectivity index (χ3n) is 4.34. The van der Waals surface area contributed by atoms with E-state index >= 15 is 0 Å². The van der Waals surface area contributed by atoms with Crippen LogP contribution in [0, 0.1) is 0 Å². The number of carboxylic acid groups (broad SMARTS) is 1. The van der Waals surface area contributed by atoms with Gasteiger partial charge in [0, 0.05) is 17.1 Å². The quantitative estimate of drug-likeness (QED) is 0.468. The molecule has 1 amide bonds. The Morgan fingerprint density at radius 3 is 2.22 bits per heavy atom. The number of likely N-dealkylation sites (tertiary alicyclic amines) is 1. The lowest BCUT2D eigenvalue weighted by Gasteiger charge is -2.24. The normalized spacial score (nSPS) is 18.7. The number of ketones is 1. The van der Waals surface area contributed by atoms with Gasteiger partial charge in [0.05, 0.1) is 18.0 Å². The fraction of sp³-hybridized carbons (Fsp3) is 0.150. The molecular weight excluding hydrogens is 370 g/mol. The summed E-state index contributed by atoms with van der Waals surface area (Å²) in [4.78, 5) is 37.3. The van der Waals surface area contributed by atoms with Gasteiger partial charge >= 0.3 is 5.97 Å². The van der Waals surface area contributed by atoms with Gasteiger partial charge in [-0.1, -0.05) is 41.9 Å². The van der Waals surface area contributed by atoms with E-state index in [0.717, 1.165) is 0 Å². The van der Waals surface area contributed by atoms with Crippen LogP contribution in [0.15, 0.2) is 60.2 Å². The molecule has 0 aliphatic carbocycles. The molecule has 2 aromatic carbocycles. The van der Waals surface area contributed by atoms with Crippen molar-refractivity contribution in [2.24, 2.45) is 0 Å². The van der Waals surface area contributed by atoms with E-state index < -0.39 is 23.7 Å². The monoisotopic (exact) mass is 385 g/mol. The highest BCUT2D eigenvalue weighted by molar-refractivity contribution is 6.46. The van der Waals surface area contributed by atoms with E-state index in [9.17, 15) is 19.5 Å². The Balaban J connectivity index is 2.13. The second kappa shape index (κ2) is 7.63. The molecule has 2 aromatic rings. The summed E-state index contributed by atoms with van der Waals surface area (Å²) in [7, 11) is 0. The first-order valence-corrected chi connectivity index (χ1v) is 8.59. The topological polar surface area (TPSA) is 94.9 Å². The number of aliphatic hydroxyl groups is 1. The van der Waals surface area contributed by atoms with E-state index in [1.807, 2.05) is 0 Å². The molecule has 0 spiro atoms. The molecule has 1 fully saturated rings. The highest BCUT2D eigenvalue weighted by Gasteiger charge is 2.45. The minimum atomic E-state index is -1.08. The fourth-order valence-electron chi connectivity index (χ4n) is 3.07. The lowest BCUT2D eigenvalue weighted by Crippen LogP contribution is -2.31. The second-order valence-electron chi connectivity index (χ2n) is 6.05. The van der Waals surface area contributed by atoms with E-state index in [0.29, 0.717) is 16.1 Å². The van der Waals surface area contributed by atoms with Crippen molar-refractivity contribution in [1.82, 2.24) is 4.90 Å². The number of nitrogens with zero attached hydrogens (tertiary/aromatic N) is 1. The lowest BCUT2D eigenvalue weighted by atomic mass is 9.95. The third-order valence-corrected chi connectivity index (χ3v) is 4.59. The average Bonchev–Trinajstić information content (AvgIpc) is 2.91. The number of Topliss-reactive ketones (excluding diaryl/α,β-unsaturated/α-hetero) is 1. The summed E-state index contributed by atoms with van der Waals surface area (Å²) in [6, 6.07) is 14.1. The minimum Gasteiger partial charge on any atom is -0.507 e. The van der Waals surface area contributed by atoms with Crippen LogP contribution in [-0.2, 0) is 14.4 Å². The lowest BCUT2D eigenvalue weighted by molar-refractivity contribution is -0.142. The van der Waals surface area contributed by atoms with Crippen LogP contribution >= 0.6 is 11.6 Å². The van der Waals surface area contributed by atoms with Gasteiger partial charge in [-0.15, -0.1) is 0 Å². The number of hydrogen-bond donors (Lipinski definition) is 2. The van der Waals surface area contributed by atoms with Crippen molar-refractivity contribution in [2.75, 3.05) is 6.54 Å². The molecule has 138 valence electrons. The van der Waals surface area contributed by atoms with Gasteiger partial charge in [-0.3, -0.25) is 14.4 Å². The number of hydrogen-bond acceptors (Lipinski definition) is 4. The predicted molar refractivity (Wildman–Crippen MR) is 99.2 cm³/mol. The van der Waals surface area contributed by atoms with Crippen molar-refractivity contribution >= 4 is 35.0 Å². The summed E-state index contributed by atoms with van der Waals surface area (Å²) in [5.41, 5.74) is 0.882. The molecule has 1 aliphatic rings. The van der Waals surface area contributed by atoms with Gasteiger partial charge in [-0.25, -0.2) is 0 Å². The summed E-state index contributed by atoms with van der Waals surface area (Å²) in [5.74, 6) is -3.08. The summed E-state index contributed by atoms with van der Waals surface area (Å²) in [6.45, 7) is -0.142. The van der Waals surface area contributed by atoms with Gasteiger partial charge in [0.15, 0.2) is 0 Å². The van der Waals surface area contributed by atoms with Crippen LogP contribution in [0.3, 0.4) is 0 Å². The second-order valence-corrected chi connectivity index (χ2v) is 6.49. The van der Waals surface area contributed by atoms with E-state index in [2.05, 4.69) is 0 Å². The standard InChI is InChI=1S/C20H16ClNO5/c21-14-8-6-13(7-9-14)18(25)16-17(12-4-2-1-3-5-12)22(11-10-15(23)24)20(27)19(16)26/h1-9,17,25H,10-11H2,(H,23,24)/t17-/m1/s1. The molecule has 6 nitrogen and oxygen atoms in total. The zero-order chi connectivity index (χ0) is 19.6. The number of amides is 1. The molecule has 1 heterocycles. The Kier molecular flexibility index (Phi) is 5.28. The predicted octanol–water partition coefficient (Wildman–Crippen LogP) is 3.24. The van der Waals surface area contributed by atoms with Gasteiger partial charge in [0.2, 0.25) is 0 Å². The molecule has 1 aliphatic heterocycles. The molecular formula is C20H16ClNO5. The molecule has 0 saturated carbocycles. The van der Waals surface area contributed by atoms with E-state index in [-0.39, 0.29) is 24.3 Å². The van der Waals surface area contributed by atoms with Crippen LogP contribution in [0.2, 0.25) is 5.02 Å². The Hall–Kier alpha value is -3.12. The zero-order valence-electron chi connectivity index (χ0n) is 14.1. The van der Waals surface area contributed by atoms with Gasteiger partial charge < -0.3 is 15.1 Å². The van der Waals surface area contributed by atoms with Crippen LogP contribution in [-0.4, -0.2) is 39.3 Å². The SMILES string of the molecule is O=C(O)CCN1C(=O)C(=O)C(=C(O)c2ccc(Cl)cc2)[C@H]1c1ccccc1. The molecule has 1 atom stereocenters. The van der Waals surface area contributed by atoms with Crippen molar-refractivity contribution in [1.29, 1.82) is 0 Å². The first-order chi connectivity index (χ1) is 12.9. The minimum absolute atomic E-state index is 0.0705. The summed E-state index contributed by atoms with van der Waals surface area (Å²) in [5, 5.41) is 20.2. The van der Waals surface area contributed by atoms with Crippen molar-refractivity contribution in [3.8, 4) is 0 Å². The highest BCUT2D eigenvalue weighted by Crippen LogP contribution is 2.39.